The third-order valence-electron chi connectivity index (χ3n) is 2.43. The van der Waals surface area contributed by atoms with E-state index in [0.29, 0.717) is 5.56 Å². The van der Waals surface area contributed by atoms with Crippen LogP contribution in [0.5, 0.6) is 0 Å². The fourth-order valence-electron chi connectivity index (χ4n) is 1.46. The van der Waals surface area contributed by atoms with Crippen molar-refractivity contribution in [1.29, 1.82) is 0 Å². The molecule has 0 saturated carbocycles. The zero-order valence-corrected chi connectivity index (χ0v) is 11.3. The standard InChI is InChI=1S/C13H15FN2O5/c1-8(9-2-4-10(14)5-3-9)15-13(20)16-11(17)6-21-7-12(18)19/h2-5,8H,6-7H2,1H3,(H,18,19)(H2,15,16,17,20). The first-order valence-electron chi connectivity index (χ1n) is 6.04. The lowest BCUT2D eigenvalue weighted by molar-refractivity contribution is -0.143. The molecule has 0 aliphatic carbocycles. The zero-order chi connectivity index (χ0) is 15.8. The van der Waals surface area contributed by atoms with Crippen LogP contribution in [-0.2, 0) is 14.3 Å². The van der Waals surface area contributed by atoms with E-state index >= 15 is 0 Å². The van der Waals surface area contributed by atoms with Crippen LogP contribution < -0.4 is 10.6 Å². The summed E-state index contributed by atoms with van der Waals surface area (Å²) in [4.78, 5) is 32.9. The molecule has 0 aliphatic heterocycles. The first-order valence-corrected chi connectivity index (χ1v) is 6.04. The van der Waals surface area contributed by atoms with Gasteiger partial charge in [0, 0.05) is 0 Å². The van der Waals surface area contributed by atoms with E-state index in [9.17, 15) is 18.8 Å². The van der Waals surface area contributed by atoms with Crippen molar-refractivity contribution in [1.82, 2.24) is 10.6 Å². The zero-order valence-electron chi connectivity index (χ0n) is 11.3. The van der Waals surface area contributed by atoms with Gasteiger partial charge in [-0.15, -0.1) is 0 Å². The van der Waals surface area contributed by atoms with E-state index in [1.165, 1.54) is 24.3 Å². The highest BCUT2D eigenvalue weighted by Gasteiger charge is 2.12. The van der Waals surface area contributed by atoms with Crippen LogP contribution in [0.1, 0.15) is 18.5 Å². The molecule has 8 heteroatoms. The molecule has 0 bridgehead atoms. The molecule has 1 aromatic carbocycles. The third kappa shape index (κ3) is 6.48. The first-order chi connectivity index (χ1) is 9.88. The van der Waals surface area contributed by atoms with E-state index in [2.05, 4.69) is 10.1 Å². The Bertz CT molecular complexity index is 518. The summed E-state index contributed by atoms with van der Waals surface area (Å²) < 4.78 is 17.3. The fraction of sp³-hybridized carbons (Fsp3) is 0.308. The smallest absolute Gasteiger partial charge is 0.329 e. The number of urea groups is 1. The lowest BCUT2D eigenvalue weighted by Gasteiger charge is -2.14. The molecule has 1 atom stereocenters. The summed E-state index contributed by atoms with van der Waals surface area (Å²) in [5.41, 5.74) is 0.668. The Morgan fingerprint density at radius 1 is 1.24 bits per heavy atom. The minimum Gasteiger partial charge on any atom is -0.480 e. The summed E-state index contributed by atoms with van der Waals surface area (Å²) in [6.45, 7) is 0.504. The Hall–Kier alpha value is -2.48. The van der Waals surface area contributed by atoms with Gasteiger partial charge in [-0.25, -0.2) is 14.0 Å². The van der Waals surface area contributed by atoms with Crippen molar-refractivity contribution in [2.24, 2.45) is 0 Å². The second-order valence-electron chi connectivity index (χ2n) is 4.18. The van der Waals surface area contributed by atoms with Crippen molar-refractivity contribution in [3.63, 3.8) is 0 Å². The number of carbonyl (C=O) groups is 3. The number of nitrogens with one attached hydrogen (secondary N) is 2. The van der Waals surface area contributed by atoms with Gasteiger partial charge in [-0.05, 0) is 24.6 Å². The molecule has 7 nitrogen and oxygen atoms in total. The van der Waals surface area contributed by atoms with E-state index in [1.807, 2.05) is 5.32 Å². The van der Waals surface area contributed by atoms with Crippen molar-refractivity contribution in [3.05, 3.63) is 35.6 Å². The number of carbonyl (C=O) groups excluding carboxylic acids is 2. The SMILES string of the molecule is CC(NC(=O)NC(=O)COCC(=O)O)c1ccc(F)cc1. The molecular weight excluding hydrogens is 283 g/mol. The van der Waals surface area contributed by atoms with Crippen LogP contribution in [-0.4, -0.2) is 36.2 Å². The lowest BCUT2D eigenvalue weighted by atomic mass is 10.1. The Kier molecular flexibility index (Phi) is 6.28. The highest BCUT2D eigenvalue weighted by Crippen LogP contribution is 2.12. The van der Waals surface area contributed by atoms with Crippen LogP contribution in [0.25, 0.3) is 0 Å². The lowest BCUT2D eigenvalue weighted by Crippen LogP contribution is -2.42. The summed E-state index contributed by atoms with van der Waals surface area (Å²) in [5.74, 6) is -2.36. The van der Waals surface area contributed by atoms with Gasteiger partial charge in [0.25, 0.3) is 5.91 Å². The van der Waals surface area contributed by atoms with Gasteiger partial charge >= 0.3 is 12.0 Å². The summed E-state index contributed by atoms with van der Waals surface area (Å²) >= 11 is 0. The van der Waals surface area contributed by atoms with Gasteiger partial charge in [-0.2, -0.15) is 0 Å². The molecule has 0 spiro atoms. The summed E-state index contributed by atoms with van der Waals surface area (Å²) in [7, 11) is 0. The number of halogens is 1. The summed E-state index contributed by atoms with van der Waals surface area (Å²) in [6.07, 6.45) is 0. The molecule has 3 amide bonds. The number of amides is 3. The maximum absolute atomic E-state index is 12.8. The van der Waals surface area contributed by atoms with Gasteiger partial charge in [0.15, 0.2) is 0 Å². The maximum atomic E-state index is 12.8. The number of hydrogen-bond acceptors (Lipinski definition) is 4. The number of ether oxygens (including phenoxy) is 1. The minimum absolute atomic E-state index is 0.388. The van der Waals surface area contributed by atoms with Crippen molar-refractivity contribution >= 4 is 17.9 Å². The highest BCUT2D eigenvalue weighted by atomic mass is 19.1. The van der Waals surface area contributed by atoms with E-state index in [4.69, 9.17) is 5.11 Å². The number of rotatable bonds is 6. The Morgan fingerprint density at radius 2 is 1.86 bits per heavy atom. The van der Waals surface area contributed by atoms with Gasteiger partial charge in [-0.1, -0.05) is 12.1 Å². The van der Waals surface area contributed by atoms with Gasteiger partial charge in [0.1, 0.15) is 19.0 Å². The van der Waals surface area contributed by atoms with Crippen LogP contribution in [0.3, 0.4) is 0 Å². The molecule has 1 rings (SSSR count). The van der Waals surface area contributed by atoms with E-state index in [0.717, 1.165) is 0 Å². The molecule has 0 radical (unpaired) electrons. The van der Waals surface area contributed by atoms with Crippen LogP contribution in [0.2, 0.25) is 0 Å². The van der Waals surface area contributed by atoms with Gasteiger partial charge in [0.05, 0.1) is 6.04 Å². The molecular formula is C13H15FN2O5. The molecule has 1 unspecified atom stereocenters. The molecule has 21 heavy (non-hydrogen) atoms. The van der Waals surface area contributed by atoms with Crippen molar-refractivity contribution < 1.29 is 28.6 Å². The van der Waals surface area contributed by atoms with Gasteiger partial charge in [-0.3, -0.25) is 10.1 Å². The second kappa shape index (κ2) is 7.95. The van der Waals surface area contributed by atoms with Gasteiger partial charge < -0.3 is 15.2 Å². The van der Waals surface area contributed by atoms with Crippen molar-refractivity contribution in [2.75, 3.05) is 13.2 Å². The molecule has 0 aliphatic rings. The predicted molar refractivity (Wildman–Crippen MR) is 69.9 cm³/mol. The Balaban J connectivity index is 2.37. The van der Waals surface area contributed by atoms with Crippen LogP contribution in [0.4, 0.5) is 9.18 Å². The largest absolute Gasteiger partial charge is 0.480 e. The Morgan fingerprint density at radius 3 is 2.43 bits per heavy atom. The third-order valence-corrected chi connectivity index (χ3v) is 2.43. The van der Waals surface area contributed by atoms with Crippen LogP contribution >= 0.6 is 0 Å². The molecule has 0 saturated heterocycles. The molecule has 0 fully saturated rings. The number of hydrogen-bond donors (Lipinski definition) is 3. The van der Waals surface area contributed by atoms with Crippen molar-refractivity contribution in [3.8, 4) is 0 Å². The van der Waals surface area contributed by atoms with E-state index in [1.54, 1.807) is 6.92 Å². The summed E-state index contributed by atoms with van der Waals surface area (Å²) in [6, 6.07) is 4.36. The fourth-order valence-corrected chi connectivity index (χ4v) is 1.46. The second-order valence-corrected chi connectivity index (χ2v) is 4.18. The number of carboxylic acids is 1. The molecule has 1 aromatic rings. The first kappa shape index (κ1) is 16.6. The number of carboxylic acid groups (broad SMARTS) is 1. The highest BCUT2D eigenvalue weighted by molar-refractivity contribution is 5.95. The Labute approximate surface area is 120 Å². The van der Waals surface area contributed by atoms with Crippen LogP contribution in [0.15, 0.2) is 24.3 Å². The van der Waals surface area contributed by atoms with E-state index < -0.39 is 37.2 Å². The van der Waals surface area contributed by atoms with Crippen LogP contribution in [0, 0.1) is 5.82 Å². The number of benzene rings is 1. The normalized spacial score (nSPS) is 11.5. The molecule has 3 N–H and O–H groups in total. The topological polar surface area (TPSA) is 105 Å². The molecule has 0 aromatic heterocycles. The van der Waals surface area contributed by atoms with Crippen molar-refractivity contribution in [2.45, 2.75) is 13.0 Å². The summed E-state index contributed by atoms with van der Waals surface area (Å²) in [5, 5.41) is 12.8. The molecule has 114 valence electrons. The van der Waals surface area contributed by atoms with E-state index in [-0.39, 0.29) is 5.82 Å². The average molecular weight is 298 g/mol. The monoisotopic (exact) mass is 298 g/mol. The number of imide groups is 1. The molecule has 0 heterocycles. The average Bonchev–Trinajstić information content (AvgIpc) is 2.38. The minimum atomic E-state index is -1.21. The van der Waals surface area contributed by atoms with Gasteiger partial charge in [0.2, 0.25) is 0 Å². The predicted octanol–water partition coefficient (Wildman–Crippen LogP) is 0.814. The quantitative estimate of drug-likeness (QED) is 0.721. The number of aliphatic carboxylic acids is 1. The maximum Gasteiger partial charge on any atom is 0.329 e.